The Balaban J connectivity index is 1.70. The van der Waals surface area contributed by atoms with Crippen molar-refractivity contribution in [3.8, 4) is 17.2 Å². The van der Waals surface area contributed by atoms with Gasteiger partial charge >= 0.3 is 0 Å². The van der Waals surface area contributed by atoms with Gasteiger partial charge in [-0.1, -0.05) is 12.1 Å². The molecule has 26 heavy (non-hydrogen) atoms. The van der Waals surface area contributed by atoms with E-state index in [1.165, 1.54) is 22.6 Å². The van der Waals surface area contributed by atoms with Crippen LogP contribution in [0.15, 0.2) is 30.3 Å². The summed E-state index contributed by atoms with van der Waals surface area (Å²) in [5.74, 6) is 1.76. The molecule has 6 heteroatoms. The molecule has 2 aliphatic rings. The second kappa shape index (κ2) is 6.78. The molecule has 2 aromatic rings. The average Bonchev–Trinajstić information content (AvgIpc) is 3.11. The first-order chi connectivity index (χ1) is 12.6. The number of hydrogen-bond donors (Lipinski definition) is 2. The van der Waals surface area contributed by atoms with Gasteiger partial charge in [-0.2, -0.15) is 0 Å². The topological polar surface area (TPSA) is 52.4 Å². The number of fused-ring (bicyclic) bond motifs is 2. The summed E-state index contributed by atoms with van der Waals surface area (Å²) < 4.78 is 30.0. The van der Waals surface area contributed by atoms with Crippen LogP contribution >= 0.6 is 0 Å². The molecule has 5 nitrogen and oxygen atoms in total. The van der Waals surface area contributed by atoms with E-state index in [1.54, 1.807) is 19.2 Å². The lowest BCUT2D eigenvalue weighted by atomic mass is 9.87. The van der Waals surface area contributed by atoms with Crippen LogP contribution in [0.25, 0.3) is 0 Å². The normalized spacial score (nSPS) is 22.0. The molecule has 0 aromatic heterocycles. The average molecular weight is 360 g/mol. The van der Waals surface area contributed by atoms with Gasteiger partial charge in [0.05, 0.1) is 32.4 Å². The van der Waals surface area contributed by atoms with E-state index in [9.17, 15) is 9.50 Å². The number of rotatable bonds is 4. The van der Waals surface area contributed by atoms with Crippen molar-refractivity contribution in [1.29, 1.82) is 0 Å². The Labute approximate surface area is 151 Å². The maximum absolute atomic E-state index is 13.2. The molecular weight excluding hydrogens is 337 g/mol. The zero-order valence-electron chi connectivity index (χ0n) is 14.9. The van der Waals surface area contributed by atoms with Crippen LogP contribution in [-0.4, -0.2) is 32.6 Å². The molecule has 0 saturated heterocycles. The maximum atomic E-state index is 13.2. The molecule has 4 rings (SSSR count). The minimum absolute atomic E-state index is 0.0447. The summed E-state index contributed by atoms with van der Waals surface area (Å²) in [6.45, 7) is 1.15. The molecule has 138 valence electrons. The molecule has 0 radical (unpaired) electrons. The van der Waals surface area contributed by atoms with Gasteiger partial charge in [-0.3, -0.25) is 0 Å². The van der Waals surface area contributed by atoms with Crippen molar-refractivity contribution >= 4 is 0 Å². The molecule has 0 amide bonds. The van der Waals surface area contributed by atoms with Crippen molar-refractivity contribution in [2.75, 3.05) is 27.5 Å². The van der Waals surface area contributed by atoms with E-state index in [0.717, 1.165) is 24.3 Å². The highest BCUT2D eigenvalue weighted by atomic mass is 19.1. The second-order valence-electron chi connectivity index (χ2n) is 6.92. The van der Waals surface area contributed by atoms with E-state index in [2.05, 4.69) is 7.05 Å². The number of halogens is 1. The number of ether oxygens (including phenoxy) is 3. The lowest BCUT2D eigenvalue weighted by Crippen LogP contribution is -3.10. The highest BCUT2D eigenvalue weighted by Gasteiger charge is 2.37. The van der Waals surface area contributed by atoms with Crippen LogP contribution < -0.4 is 19.1 Å². The van der Waals surface area contributed by atoms with Gasteiger partial charge in [0.15, 0.2) is 11.5 Å². The van der Waals surface area contributed by atoms with Crippen LogP contribution in [0.1, 0.15) is 35.3 Å². The fraction of sp³-hybridized carbons (Fsp3) is 0.400. The predicted octanol–water partition coefficient (Wildman–Crippen LogP) is 1.80. The number of likely N-dealkylation sites (N-methyl/N-ethyl adjacent to an activating group) is 1. The van der Waals surface area contributed by atoms with Gasteiger partial charge in [0, 0.05) is 12.8 Å². The Morgan fingerprint density at radius 2 is 2.08 bits per heavy atom. The Bertz CT molecular complexity index is 808. The third-order valence-electron chi connectivity index (χ3n) is 5.39. The monoisotopic (exact) mass is 360 g/mol. The van der Waals surface area contributed by atoms with E-state index in [-0.39, 0.29) is 18.7 Å². The Morgan fingerprint density at radius 1 is 1.31 bits per heavy atom. The molecule has 3 atom stereocenters. The van der Waals surface area contributed by atoms with Crippen LogP contribution in [-0.2, 0) is 6.42 Å². The fourth-order valence-corrected chi connectivity index (χ4v) is 3.98. The molecule has 0 saturated carbocycles. The quantitative estimate of drug-likeness (QED) is 0.873. The van der Waals surface area contributed by atoms with Crippen LogP contribution in [0, 0.1) is 5.82 Å². The number of aliphatic hydroxyl groups is 1. The van der Waals surface area contributed by atoms with Crippen molar-refractivity contribution < 1.29 is 28.6 Å². The highest BCUT2D eigenvalue weighted by Crippen LogP contribution is 2.48. The van der Waals surface area contributed by atoms with E-state index in [0.29, 0.717) is 23.5 Å². The number of quaternary nitrogens is 1. The van der Waals surface area contributed by atoms with Crippen molar-refractivity contribution in [3.05, 3.63) is 52.8 Å². The number of nitrogens with one attached hydrogen (secondary N) is 1. The summed E-state index contributed by atoms with van der Waals surface area (Å²) in [7, 11) is 3.75. The minimum atomic E-state index is -0.684. The molecule has 2 aliphatic heterocycles. The van der Waals surface area contributed by atoms with Gasteiger partial charge in [-0.25, -0.2) is 4.39 Å². The summed E-state index contributed by atoms with van der Waals surface area (Å²) in [6.07, 6.45) is 0.745. The summed E-state index contributed by atoms with van der Waals surface area (Å²) in [4.78, 5) is 1.30. The van der Waals surface area contributed by atoms with Gasteiger partial charge < -0.3 is 24.2 Å². The fourth-order valence-electron chi connectivity index (χ4n) is 3.98. The van der Waals surface area contributed by atoms with E-state index < -0.39 is 6.10 Å². The van der Waals surface area contributed by atoms with E-state index >= 15 is 0 Å². The zero-order valence-corrected chi connectivity index (χ0v) is 14.9. The van der Waals surface area contributed by atoms with Crippen LogP contribution in [0.3, 0.4) is 0 Å². The molecule has 1 unspecified atom stereocenters. The zero-order chi connectivity index (χ0) is 18.3. The predicted molar refractivity (Wildman–Crippen MR) is 93.3 cm³/mol. The number of methoxy groups -OCH3 is 1. The lowest BCUT2D eigenvalue weighted by molar-refractivity contribution is -0.915. The molecule has 0 spiro atoms. The Kier molecular flexibility index (Phi) is 4.46. The smallest absolute Gasteiger partial charge is 0.231 e. The number of benzene rings is 2. The third kappa shape index (κ3) is 2.89. The van der Waals surface area contributed by atoms with Crippen LogP contribution in [0.5, 0.6) is 17.2 Å². The van der Waals surface area contributed by atoms with E-state index in [1.807, 2.05) is 6.07 Å². The van der Waals surface area contributed by atoms with Gasteiger partial charge in [0.2, 0.25) is 12.5 Å². The summed E-state index contributed by atoms with van der Waals surface area (Å²) in [5, 5.41) is 10.7. The van der Waals surface area contributed by atoms with Gasteiger partial charge in [0.25, 0.3) is 0 Å². The van der Waals surface area contributed by atoms with Gasteiger partial charge in [-0.05, 0) is 29.3 Å². The third-order valence-corrected chi connectivity index (χ3v) is 5.39. The Morgan fingerprint density at radius 3 is 2.81 bits per heavy atom. The summed E-state index contributed by atoms with van der Waals surface area (Å²) >= 11 is 0. The van der Waals surface area contributed by atoms with Crippen molar-refractivity contribution in [3.63, 3.8) is 0 Å². The number of hydrogen-bond acceptors (Lipinski definition) is 4. The second-order valence-corrected chi connectivity index (χ2v) is 6.92. The first-order valence-corrected chi connectivity index (χ1v) is 8.83. The lowest BCUT2D eigenvalue weighted by Gasteiger charge is -2.34. The standard InChI is InChI=1S/C20H22FNO4/c1-22-8-7-13-9-17-19(26-11-25-17)20(24-2)18(13)15(22)10-16(23)12-3-5-14(21)6-4-12/h3-6,9,15-16,23H,7-8,10-11H2,1-2H3/p+1/t15-,16+/m1/s1. The minimum Gasteiger partial charge on any atom is -0.492 e. The largest absolute Gasteiger partial charge is 0.492 e. The molecule has 0 aliphatic carbocycles. The van der Waals surface area contributed by atoms with Gasteiger partial charge in [0.1, 0.15) is 11.9 Å². The molecule has 2 N–H and O–H groups in total. The van der Waals surface area contributed by atoms with Crippen molar-refractivity contribution in [1.82, 2.24) is 0 Å². The van der Waals surface area contributed by atoms with Crippen molar-refractivity contribution in [2.45, 2.75) is 25.0 Å². The maximum Gasteiger partial charge on any atom is 0.231 e. The van der Waals surface area contributed by atoms with E-state index in [4.69, 9.17) is 14.2 Å². The summed E-state index contributed by atoms with van der Waals surface area (Å²) in [5.41, 5.74) is 2.96. The highest BCUT2D eigenvalue weighted by molar-refractivity contribution is 5.61. The van der Waals surface area contributed by atoms with Crippen LogP contribution in [0.4, 0.5) is 4.39 Å². The molecule has 2 heterocycles. The summed E-state index contributed by atoms with van der Waals surface area (Å²) in [6, 6.07) is 8.10. The van der Waals surface area contributed by atoms with Crippen molar-refractivity contribution in [2.24, 2.45) is 0 Å². The van der Waals surface area contributed by atoms with Gasteiger partial charge in [-0.15, -0.1) is 0 Å². The number of aliphatic hydroxyl groups excluding tert-OH is 1. The SMILES string of the molecule is COc1c2c(cc3c1[C@@H](C[C@H](O)c1ccc(F)cc1)[NH+](C)CC3)OCO2. The molecule has 0 fully saturated rings. The molecular formula is C20H23FNO4+. The first-order valence-electron chi connectivity index (χ1n) is 8.83. The first kappa shape index (κ1) is 17.1. The van der Waals surface area contributed by atoms with Crippen LogP contribution in [0.2, 0.25) is 0 Å². The molecule has 0 bridgehead atoms. The molecule has 2 aromatic carbocycles. The Hall–Kier alpha value is -2.31.